The first-order valence-corrected chi connectivity index (χ1v) is 24.7. The molecule has 2 fully saturated rings. The molecule has 10 atom stereocenters. The summed E-state index contributed by atoms with van der Waals surface area (Å²) in [7, 11) is 1.41. The van der Waals surface area contributed by atoms with Crippen LogP contribution in [0.4, 0.5) is 0 Å². The molecule has 2 saturated heterocycles. The maximum Gasteiger partial charge on any atom is 0.338 e. The number of benzene rings is 4. The summed E-state index contributed by atoms with van der Waals surface area (Å²) in [4.78, 5) is 24.6. The van der Waals surface area contributed by atoms with Gasteiger partial charge in [-0.3, -0.25) is 0 Å². The number of carboxylic acid groups (broad SMARTS) is 1. The Hall–Kier alpha value is -5.50. The summed E-state index contributed by atoms with van der Waals surface area (Å²) >= 11 is 0. The molecule has 11 nitrogen and oxygen atoms in total. The van der Waals surface area contributed by atoms with E-state index in [9.17, 15) is 30.0 Å². The van der Waals surface area contributed by atoms with Crippen molar-refractivity contribution in [3.8, 4) is 22.3 Å². The molecule has 0 saturated carbocycles. The molecule has 0 aromatic heterocycles. The standard InChI is InChI=1S/C31H40O5.C29H36O6/c1-20(23(4)32)16-17-21(2)29-27(35-31(5,6)36-29)15-11-14-25-19-26(24-12-9-8-10-13-24)18-22(3)28(25)30(33)34-7;1-18(20(3)30)14-15-24(31)27-25(34-29(4,5)35-27)13-9-12-22-17-23(21-10-7-6-8-11-21)16-19(2)26(22)28(32)33/h8-14,16-21,23,27,29,32H,15H2,1-7H3;6-12,14-18,20,24-25,27,30-31H,13H2,1-5H3,(H,32,33)/b14-11+,17-16-;12-9+,15-14-/t20-,21?,23+,27+,29-;18-,20+,24?,25+,27-/m11/s1. The number of hydrogen-bond donors (Lipinski definition) is 4. The van der Waals surface area contributed by atoms with Crippen LogP contribution in [0.15, 0.2) is 121 Å². The van der Waals surface area contributed by atoms with Crippen LogP contribution in [0.2, 0.25) is 0 Å². The fraction of sp³-hybridized carbons (Fsp3) is 0.433. The van der Waals surface area contributed by atoms with Crippen LogP contribution < -0.4 is 0 Å². The van der Waals surface area contributed by atoms with E-state index in [4.69, 9.17) is 23.7 Å². The number of esters is 1. The van der Waals surface area contributed by atoms with Gasteiger partial charge in [-0.15, -0.1) is 0 Å². The van der Waals surface area contributed by atoms with Gasteiger partial charge in [0, 0.05) is 5.92 Å². The molecule has 4 N–H and O–H groups in total. The Labute approximate surface area is 421 Å². The van der Waals surface area contributed by atoms with Crippen molar-refractivity contribution in [1.82, 2.24) is 0 Å². The second-order valence-electron chi connectivity index (χ2n) is 19.9. The van der Waals surface area contributed by atoms with E-state index in [2.05, 4.69) is 25.1 Å². The van der Waals surface area contributed by atoms with Crippen LogP contribution in [0.3, 0.4) is 0 Å². The van der Waals surface area contributed by atoms with Crippen molar-refractivity contribution in [2.45, 2.75) is 143 Å². The smallest absolute Gasteiger partial charge is 0.338 e. The van der Waals surface area contributed by atoms with Crippen molar-refractivity contribution >= 4 is 24.1 Å². The molecule has 2 heterocycles. The number of carbonyl (C=O) groups is 2. The van der Waals surface area contributed by atoms with Crippen molar-refractivity contribution in [3.05, 3.63) is 155 Å². The topological polar surface area (TPSA) is 161 Å². The Balaban J connectivity index is 0.000000264. The van der Waals surface area contributed by atoms with Gasteiger partial charge in [-0.1, -0.05) is 142 Å². The molecular formula is C60H76O11. The lowest BCUT2D eigenvalue weighted by atomic mass is 9.93. The maximum atomic E-state index is 12.6. The van der Waals surface area contributed by atoms with Gasteiger partial charge >= 0.3 is 11.9 Å². The van der Waals surface area contributed by atoms with Gasteiger partial charge in [-0.25, -0.2) is 9.59 Å². The van der Waals surface area contributed by atoms with Gasteiger partial charge in [0.05, 0.1) is 48.8 Å². The lowest BCUT2D eigenvalue weighted by molar-refractivity contribution is -0.152. The number of hydrogen-bond acceptors (Lipinski definition) is 10. The molecule has 71 heavy (non-hydrogen) atoms. The zero-order chi connectivity index (χ0) is 52.2. The average Bonchev–Trinajstić information content (AvgIpc) is 3.82. The molecule has 11 heteroatoms. The highest BCUT2D eigenvalue weighted by Crippen LogP contribution is 2.36. The normalized spacial score (nSPS) is 22.3. The van der Waals surface area contributed by atoms with E-state index in [0.29, 0.717) is 29.5 Å². The zero-order valence-electron chi connectivity index (χ0n) is 43.5. The summed E-state index contributed by atoms with van der Waals surface area (Å²) in [6, 6.07) is 27.8. The molecule has 0 amide bonds. The van der Waals surface area contributed by atoms with Gasteiger partial charge in [-0.2, -0.15) is 0 Å². The SMILES string of the molecule is COC(=O)c1c(C)cc(-c2ccccc2)cc1/C=C/C[C@@H]1OC(C)(C)O[C@@H]1C(C)/C=C\[C@@H](C)[C@H](C)O.Cc1cc(-c2ccccc2)cc(/C=C/C[C@@H]2OC(C)(C)O[C@@H]2C(O)/C=C\[C@@H](C)[C@H](C)O)c1C(=O)O. The fourth-order valence-electron chi connectivity index (χ4n) is 8.82. The van der Waals surface area contributed by atoms with Crippen LogP contribution in [0, 0.1) is 31.6 Å². The van der Waals surface area contributed by atoms with Crippen LogP contribution >= 0.6 is 0 Å². The predicted molar refractivity (Wildman–Crippen MR) is 282 cm³/mol. The second-order valence-corrected chi connectivity index (χ2v) is 19.9. The van der Waals surface area contributed by atoms with Gasteiger partial charge < -0.3 is 44.1 Å². The third kappa shape index (κ3) is 15.7. The van der Waals surface area contributed by atoms with Crippen molar-refractivity contribution in [3.63, 3.8) is 0 Å². The summed E-state index contributed by atoms with van der Waals surface area (Å²) in [6.45, 7) is 20.7. The fourth-order valence-corrected chi connectivity index (χ4v) is 8.82. The quantitative estimate of drug-likeness (QED) is 0.0555. The molecule has 2 unspecified atom stereocenters. The number of aromatic carboxylic acids is 1. The van der Waals surface area contributed by atoms with Gasteiger partial charge in [0.15, 0.2) is 11.6 Å². The minimum absolute atomic E-state index is 0.0676. The monoisotopic (exact) mass is 973 g/mol. The van der Waals surface area contributed by atoms with Crippen LogP contribution in [0.25, 0.3) is 34.4 Å². The van der Waals surface area contributed by atoms with E-state index in [-0.39, 0.29) is 41.5 Å². The van der Waals surface area contributed by atoms with E-state index in [1.807, 2.05) is 132 Å². The lowest BCUT2D eigenvalue weighted by Gasteiger charge is -2.21. The van der Waals surface area contributed by atoms with Crippen LogP contribution in [-0.2, 0) is 23.7 Å². The first-order chi connectivity index (χ1) is 33.5. The largest absolute Gasteiger partial charge is 0.478 e. The number of aliphatic hydroxyl groups is 3. The molecule has 4 aromatic carbocycles. The first-order valence-electron chi connectivity index (χ1n) is 24.7. The molecular weight excluding hydrogens is 897 g/mol. The van der Waals surface area contributed by atoms with Crippen molar-refractivity contribution in [2.75, 3.05) is 7.11 Å². The van der Waals surface area contributed by atoms with Crippen LogP contribution in [0.5, 0.6) is 0 Å². The number of methoxy groups -OCH3 is 1. The Kier molecular flexibility index (Phi) is 20.1. The number of rotatable bonds is 18. The molecule has 0 bridgehead atoms. The van der Waals surface area contributed by atoms with Gasteiger partial charge in [0.25, 0.3) is 0 Å². The Morgan fingerprint density at radius 3 is 1.46 bits per heavy atom. The maximum absolute atomic E-state index is 12.6. The first kappa shape index (κ1) is 56.4. The molecule has 0 aliphatic carbocycles. The summed E-state index contributed by atoms with van der Waals surface area (Å²) in [5.41, 5.74) is 7.90. The summed E-state index contributed by atoms with van der Waals surface area (Å²) in [5, 5.41) is 40.0. The molecule has 2 aliphatic rings. The van der Waals surface area contributed by atoms with Crippen LogP contribution in [-0.4, -0.2) is 93.8 Å². The number of aryl methyl sites for hydroxylation is 2. The third-order valence-corrected chi connectivity index (χ3v) is 13.0. The molecule has 382 valence electrons. The zero-order valence-corrected chi connectivity index (χ0v) is 43.5. The Morgan fingerprint density at radius 1 is 0.592 bits per heavy atom. The average molecular weight is 973 g/mol. The highest BCUT2D eigenvalue weighted by molar-refractivity contribution is 5.96. The number of ether oxygens (including phenoxy) is 5. The molecule has 2 aliphatic heterocycles. The van der Waals surface area contributed by atoms with E-state index >= 15 is 0 Å². The van der Waals surface area contributed by atoms with Crippen molar-refractivity contribution in [2.24, 2.45) is 17.8 Å². The van der Waals surface area contributed by atoms with E-state index < -0.39 is 48.1 Å². The summed E-state index contributed by atoms with van der Waals surface area (Å²) in [5.74, 6) is -2.79. The van der Waals surface area contributed by atoms with E-state index in [1.54, 1.807) is 52.8 Å². The van der Waals surface area contributed by atoms with E-state index in [1.165, 1.54) is 7.11 Å². The van der Waals surface area contributed by atoms with Gasteiger partial charge in [0.2, 0.25) is 0 Å². The number of carbonyl (C=O) groups excluding carboxylic acids is 1. The minimum Gasteiger partial charge on any atom is -0.478 e. The Morgan fingerprint density at radius 2 is 1.01 bits per heavy atom. The number of aliphatic hydroxyl groups excluding tert-OH is 3. The molecule has 0 radical (unpaired) electrons. The van der Waals surface area contributed by atoms with Crippen molar-refractivity contribution in [1.29, 1.82) is 0 Å². The van der Waals surface area contributed by atoms with Gasteiger partial charge in [-0.05, 0) is 137 Å². The summed E-state index contributed by atoms with van der Waals surface area (Å²) in [6.07, 6.45) is 13.2. The highest BCUT2D eigenvalue weighted by atomic mass is 16.8. The predicted octanol–water partition coefficient (Wildman–Crippen LogP) is 11.8. The minimum atomic E-state index is -0.978. The lowest BCUT2D eigenvalue weighted by Crippen LogP contribution is -2.34. The third-order valence-electron chi connectivity index (χ3n) is 13.0. The second kappa shape index (κ2) is 25.2. The number of carboxylic acids is 1. The molecule has 0 spiro atoms. The Bertz CT molecular complexity index is 2500. The van der Waals surface area contributed by atoms with Crippen molar-refractivity contribution < 1.29 is 53.7 Å². The van der Waals surface area contributed by atoms with E-state index in [0.717, 1.165) is 33.4 Å². The molecule has 4 aromatic rings. The van der Waals surface area contributed by atoms with Gasteiger partial charge in [0.1, 0.15) is 12.2 Å². The molecule has 6 rings (SSSR count). The van der Waals surface area contributed by atoms with Crippen LogP contribution in [0.1, 0.15) is 118 Å². The summed E-state index contributed by atoms with van der Waals surface area (Å²) < 4.78 is 29.6. The highest BCUT2D eigenvalue weighted by Gasteiger charge is 2.44.